The average Bonchev–Trinajstić information content (AvgIpc) is 3.27. The zero-order chi connectivity index (χ0) is 18.6. The van der Waals surface area contributed by atoms with Crippen molar-refractivity contribution in [1.82, 2.24) is 14.8 Å². The third-order valence-electron chi connectivity index (χ3n) is 5.91. The highest BCUT2D eigenvalue weighted by Crippen LogP contribution is 2.23. The van der Waals surface area contributed by atoms with E-state index in [4.69, 9.17) is 0 Å². The molecule has 0 bridgehead atoms. The summed E-state index contributed by atoms with van der Waals surface area (Å²) in [7, 11) is 0. The molecule has 2 aromatic carbocycles. The van der Waals surface area contributed by atoms with Crippen molar-refractivity contribution in [2.24, 2.45) is 0 Å². The Morgan fingerprint density at radius 3 is 2.85 bits per heavy atom. The van der Waals surface area contributed by atoms with Crippen LogP contribution in [0.3, 0.4) is 0 Å². The van der Waals surface area contributed by atoms with Crippen molar-refractivity contribution in [1.29, 1.82) is 0 Å². The highest BCUT2D eigenvalue weighted by atomic mass is 15.2. The Morgan fingerprint density at radius 2 is 2.00 bits per heavy atom. The molecule has 0 spiro atoms. The lowest BCUT2D eigenvalue weighted by Crippen LogP contribution is -2.37. The van der Waals surface area contributed by atoms with Gasteiger partial charge in [-0.1, -0.05) is 55.0 Å². The van der Waals surface area contributed by atoms with Crippen molar-refractivity contribution in [2.45, 2.75) is 45.8 Å². The third-order valence-corrected chi connectivity index (χ3v) is 5.91. The van der Waals surface area contributed by atoms with Gasteiger partial charge in [-0.3, -0.25) is 4.90 Å². The SMILES string of the molecule is CCN1CCC[C@@H]1CNCc1cn(Cc2cccc(C)c2)c2ccccc12. The highest BCUT2D eigenvalue weighted by Gasteiger charge is 2.22. The smallest absolute Gasteiger partial charge is 0.0486 e. The van der Waals surface area contributed by atoms with Gasteiger partial charge in [0.2, 0.25) is 0 Å². The molecule has 0 unspecified atom stereocenters. The van der Waals surface area contributed by atoms with Crippen LogP contribution in [-0.4, -0.2) is 35.1 Å². The Labute approximate surface area is 163 Å². The van der Waals surface area contributed by atoms with E-state index in [1.165, 1.54) is 53.5 Å². The Bertz CT molecular complexity index is 896. The summed E-state index contributed by atoms with van der Waals surface area (Å²) in [6, 6.07) is 18.3. The molecule has 1 aromatic heterocycles. The molecule has 1 aliphatic heterocycles. The standard InChI is InChI=1S/C24H31N3/c1-3-26-13-7-10-22(26)16-25-15-21-18-27(24-12-5-4-11-23(21)24)17-20-9-6-8-19(2)14-20/h4-6,8-9,11-12,14,18,22,25H,3,7,10,13,15-17H2,1-2H3/t22-/m1/s1. The minimum absolute atomic E-state index is 0.704. The molecule has 0 aliphatic carbocycles. The number of benzene rings is 2. The van der Waals surface area contributed by atoms with E-state index in [-0.39, 0.29) is 0 Å². The summed E-state index contributed by atoms with van der Waals surface area (Å²) in [4.78, 5) is 2.61. The maximum Gasteiger partial charge on any atom is 0.0486 e. The lowest BCUT2D eigenvalue weighted by atomic mass is 10.1. The van der Waals surface area contributed by atoms with Crippen LogP contribution < -0.4 is 5.32 Å². The van der Waals surface area contributed by atoms with Gasteiger partial charge in [-0.15, -0.1) is 0 Å². The maximum absolute atomic E-state index is 3.73. The van der Waals surface area contributed by atoms with Crippen LogP contribution >= 0.6 is 0 Å². The number of likely N-dealkylation sites (N-methyl/N-ethyl adjacent to an activating group) is 1. The molecule has 1 N–H and O–H groups in total. The van der Waals surface area contributed by atoms with Gasteiger partial charge in [-0.2, -0.15) is 0 Å². The lowest BCUT2D eigenvalue weighted by Gasteiger charge is -2.22. The van der Waals surface area contributed by atoms with Crippen LogP contribution in [0.1, 0.15) is 36.5 Å². The summed E-state index contributed by atoms with van der Waals surface area (Å²) in [6.45, 7) is 9.82. The van der Waals surface area contributed by atoms with Crippen molar-refractivity contribution >= 4 is 10.9 Å². The number of nitrogens with one attached hydrogen (secondary N) is 1. The maximum atomic E-state index is 3.73. The number of likely N-dealkylation sites (tertiary alicyclic amines) is 1. The van der Waals surface area contributed by atoms with E-state index < -0.39 is 0 Å². The van der Waals surface area contributed by atoms with E-state index in [2.05, 4.69) is 83.4 Å². The minimum Gasteiger partial charge on any atom is -0.343 e. The van der Waals surface area contributed by atoms with Gasteiger partial charge >= 0.3 is 0 Å². The summed E-state index contributed by atoms with van der Waals surface area (Å²) in [6.07, 6.45) is 5.01. The monoisotopic (exact) mass is 361 g/mol. The number of rotatable bonds is 7. The number of para-hydroxylation sites is 1. The Morgan fingerprint density at radius 1 is 1.11 bits per heavy atom. The molecule has 0 amide bonds. The Balaban J connectivity index is 1.49. The first-order chi connectivity index (χ1) is 13.2. The van der Waals surface area contributed by atoms with Gasteiger partial charge in [0.1, 0.15) is 0 Å². The molecule has 1 saturated heterocycles. The van der Waals surface area contributed by atoms with E-state index >= 15 is 0 Å². The van der Waals surface area contributed by atoms with Crippen molar-refractivity contribution < 1.29 is 0 Å². The summed E-state index contributed by atoms with van der Waals surface area (Å²) in [5, 5.41) is 5.10. The molecular formula is C24H31N3. The second-order valence-electron chi connectivity index (χ2n) is 7.84. The van der Waals surface area contributed by atoms with Gasteiger partial charge in [-0.25, -0.2) is 0 Å². The van der Waals surface area contributed by atoms with Crippen LogP contribution in [0.5, 0.6) is 0 Å². The largest absolute Gasteiger partial charge is 0.343 e. The minimum atomic E-state index is 0.704. The van der Waals surface area contributed by atoms with Crippen LogP contribution in [0, 0.1) is 6.92 Å². The molecule has 142 valence electrons. The first-order valence-electron chi connectivity index (χ1n) is 10.3. The van der Waals surface area contributed by atoms with Gasteiger partial charge in [0, 0.05) is 42.8 Å². The molecule has 27 heavy (non-hydrogen) atoms. The quantitative estimate of drug-likeness (QED) is 0.665. The van der Waals surface area contributed by atoms with Gasteiger partial charge < -0.3 is 9.88 Å². The van der Waals surface area contributed by atoms with Crippen molar-refractivity contribution in [3.63, 3.8) is 0 Å². The second kappa shape index (κ2) is 8.28. The molecule has 0 radical (unpaired) electrons. The van der Waals surface area contributed by atoms with E-state index in [0.29, 0.717) is 6.04 Å². The van der Waals surface area contributed by atoms with Crippen LogP contribution in [0.2, 0.25) is 0 Å². The number of hydrogen-bond acceptors (Lipinski definition) is 2. The Hall–Kier alpha value is -2.10. The Kier molecular flexibility index (Phi) is 5.61. The van der Waals surface area contributed by atoms with E-state index in [9.17, 15) is 0 Å². The molecule has 3 heteroatoms. The number of aryl methyl sites for hydroxylation is 1. The third kappa shape index (κ3) is 4.10. The van der Waals surface area contributed by atoms with Gasteiger partial charge in [0.05, 0.1) is 0 Å². The van der Waals surface area contributed by atoms with Crippen LogP contribution in [0.15, 0.2) is 54.7 Å². The number of fused-ring (bicyclic) bond motifs is 1. The molecule has 1 aliphatic rings. The van der Waals surface area contributed by atoms with Crippen LogP contribution in [0.4, 0.5) is 0 Å². The first-order valence-corrected chi connectivity index (χ1v) is 10.3. The molecule has 3 nitrogen and oxygen atoms in total. The first kappa shape index (κ1) is 18.3. The molecule has 1 atom stereocenters. The van der Waals surface area contributed by atoms with Crippen molar-refractivity contribution in [3.05, 3.63) is 71.4 Å². The predicted molar refractivity (Wildman–Crippen MR) is 114 cm³/mol. The number of hydrogen-bond donors (Lipinski definition) is 1. The fourth-order valence-electron chi connectivity index (χ4n) is 4.52. The van der Waals surface area contributed by atoms with Crippen molar-refractivity contribution in [2.75, 3.05) is 19.6 Å². The number of aromatic nitrogens is 1. The molecule has 4 rings (SSSR count). The number of nitrogens with zero attached hydrogens (tertiary/aromatic N) is 2. The average molecular weight is 362 g/mol. The summed E-state index contributed by atoms with van der Waals surface area (Å²) in [5.41, 5.74) is 5.41. The second-order valence-corrected chi connectivity index (χ2v) is 7.84. The predicted octanol–water partition coefficient (Wildman–Crippen LogP) is 4.57. The summed E-state index contributed by atoms with van der Waals surface area (Å²) < 4.78 is 2.40. The lowest BCUT2D eigenvalue weighted by molar-refractivity contribution is 0.260. The van der Waals surface area contributed by atoms with Gasteiger partial charge in [0.25, 0.3) is 0 Å². The normalized spacial score (nSPS) is 17.8. The molecule has 2 heterocycles. The van der Waals surface area contributed by atoms with Crippen molar-refractivity contribution in [3.8, 4) is 0 Å². The summed E-state index contributed by atoms with van der Waals surface area (Å²) in [5.74, 6) is 0. The van der Waals surface area contributed by atoms with Gasteiger partial charge in [0.15, 0.2) is 0 Å². The van der Waals surface area contributed by atoms with Crippen LogP contribution in [-0.2, 0) is 13.1 Å². The van der Waals surface area contributed by atoms with E-state index in [1.807, 2.05) is 0 Å². The molecular weight excluding hydrogens is 330 g/mol. The van der Waals surface area contributed by atoms with Crippen LogP contribution in [0.25, 0.3) is 10.9 Å². The molecule has 0 saturated carbocycles. The topological polar surface area (TPSA) is 20.2 Å². The van der Waals surface area contributed by atoms with Gasteiger partial charge in [-0.05, 0) is 50.0 Å². The highest BCUT2D eigenvalue weighted by molar-refractivity contribution is 5.84. The fourth-order valence-corrected chi connectivity index (χ4v) is 4.52. The molecule has 1 fully saturated rings. The van der Waals surface area contributed by atoms with E-state index in [1.54, 1.807) is 0 Å². The summed E-state index contributed by atoms with van der Waals surface area (Å²) >= 11 is 0. The van der Waals surface area contributed by atoms with E-state index in [0.717, 1.165) is 19.6 Å². The zero-order valence-electron chi connectivity index (χ0n) is 16.6. The zero-order valence-corrected chi connectivity index (χ0v) is 16.6. The molecule has 3 aromatic rings. The fraction of sp³-hybridized carbons (Fsp3) is 0.417.